The lowest BCUT2D eigenvalue weighted by Gasteiger charge is -2.35. The van der Waals surface area contributed by atoms with Gasteiger partial charge in [-0.15, -0.1) is 5.10 Å². The molecule has 4 rings (SSSR count). The Kier molecular flexibility index (Phi) is 4.26. The number of nitrogens with zero attached hydrogens (tertiary/aromatic N) is 5. The van der Waals surface area contributed by atoms with Crippen molar-refractivity contribution in [3.05, 3.63) is 36.3 Å². The number of aromatic nitrogens is 3. The fourth-order valence-corrected chi connectivity index (χ4v) is 3.95. The highest BCUT2D eigenvalue weighted by atomic mass is 32.1. The summed E-state index contributed by atoms with van der Waals surface area (Å²) in [4.78, 5) is 9.87. The maximum absolute atomic E-state index is 13.0. The summed E-state index contributed by atoms with van der Waals surface area (Å²) in [5.41, 5.74) is 1.68. The van der Waals surface area contributed by atoms with Crippen molar-refractivity contribution in [2.75, 3.05) is 38.1 Å². The summed E-state index contributed by atoms with van der Waals surface area (Å²) in [5.74, 6) is -0.248. The molecule has 0 unspecified atom stereocenters. The van der Waals surface area contributed by atoms with Gasteiger partial charge in [0.15, 0.2) is 5.11 Å². The lowest BCUT2D eigenvalue weighted by atomic mass is 10.2. The van der Waals surface area contributed by atoms with E-state index in [2.05, 4.69) is 25.2 Å². The second-order valence-corrected chi connectivity index (χ2v) is 7.10. The Balaban J connectivity index is 1.50. The van der Waals surface area contributed by atoms with Crippen LogP contribution in [0.15, 0.2) is 30.5 Å². The standard InChI is InChI=1S/C16H17FN6S2/c1-18-14(24)21-6-8-22(9-7-21)16-20-23-10-13(19-15(23)25-16)11-2-4-12(17)5-3-11/h2-5,10H,6-9H2,1H3,(H,18,24). The average Bonchev–Trinajstić information content (AvgIpc) is 3.21. The molecule has 0 bridgehead atoms. The van der Waals surface area contributed by atoms with Crippen LogP contribution >= 0.6 is 23.6 Å². The van der Waals surface area contributed by atoms with Gasteiger partial charge in [-0.1, -0.05) is 11.3 Å². The van der Waals surface area contributed by atoms with Crippen LogP contribution in [0.3, 0.4) is 0 Å². The van der Waals surface area contributed by atoms with Crippen molar-refractivity contribution in [3.63, 3.8) is 0 Å². The van der Waals surface area contributed by atoms with Gasteiger partial charge in [0.25, 0.3) is 0 Å². The van der Waals surface area contributed by atoms with Crippen LogP contribution in [-0.4, -0.2) is 57.8 Å². The van der Waals surface area contributed by atoms with Crippen LogP contribution in [0.25, 0.3) is 16.2 Å². The topological polar surface area (TPSA) is 48.7 Å². The van der Waals surface area contributed by atoms with E-state index in [1.165, 1.54) is 12.1 Å². The minimum atomic E-state index is -0.248. The number of benzene rings is 1. The summed E-state index contributed by atoms with van der Waals surface area (Å²) in [6.45, 7) is 3.51. The van der Waals surface area contributed by atoms with Crippen LogP contribution in [0.4, 0.5) is 9.52 Å². The number of nitrogens with one attached hydrogen (secondary N) is 1. The number of rotatable bonds is 2. The molecule has 1 aliphatic heterocycles. The summed E-state index contributed by atoms with van der Waals surface area (Å²) < 4.78 is 14.8. The number of thiocarbonyl (C=S) groups is 1. The van der Waals surface area contributed by atoms with E-state index in [1.54, 1.807) is 28.0 Å². The predicted octanol–water partition coefficient (Wildman–Crippen LogP) is 2.22. The van der Waals surface area contributed by atoms with Crippen LogP contribution in [0.5, 0.6) is 0 Å². The molecule has 1 aromatic carbocycles. The number of piperazine rings is 1. The summed E-state index contributed by atoms with van der Waals surface area (Å²) in [6.07, 6.45) is 1.88. The van der Waals surface area contributed by atoms with Crippen molar-refractivity contribution in [1.29, 1.82) is 0 Å². The number of hydrogen-bond donors (Lipinski definition) is 1. The molecule has 1 N–H and O–H groups in total. The largest absolute Gasteiger partial charge is 0.366 e. The van der Waals surface area contributed by atoms with Crippen molar-refractivity contribution >= 4 is 38.8 Å². The van der Waals surface area contributed by atoms with Gasteiger partial charge in [0.1, 0.15) is 5.82 Å². The van der Waals surface area contributed by atoms with E-state index in [9.17, 15) is 4.39 Å². The quantitative estimate of drug-likeness (QED) is 0.692. The Morgan fingerprint density at radius 1 is 1.20 bits per heavy atom. The molecular formula is C16H17FN6S2. The summed E-state index contributed by atoms with van der Waals surface area (Å²) >= 11 is 6.85. The van der Waals surface area contributed by atoms with Crippen LogP contribution < -0.4 is 10.2 Å². The second-order valence-electron chi connectivity index (χ2n) is 5.77. The molecule has 6 nitrogen and oxygen atoms in total. The fraction of sp³-hybridized carbons (Fsp3) is 0.312. The van der Waals surface area contributed by atoms with Gasteiger partial charge in [-0.3, -0.25) is 0 Å². The molecule has 0 saturated carbocycles. The fourth-order valence-electron chi connectivity index (χ4n) is 2.84. The third kappa shape index (κ3) is 3.16. The van der Waals surface area contributed by atoms with Gasteiger partial charge in [0.2, 0.25) is 10.1 Å². The first-order valence-corrected chi connectivity index (χ1v) is 9.20. The van der Waals surface area contributed by atoms with E-state index in [0.717, 1.165) is 52.6 Å². The highest BCUT2D eigenvalue weighted by molar-refractivity contribution is 7.80. The first-order valence-electron chi connectivity index (χ1n) is 7.98. The van der Waals surface area contributed by atoms with Crippen LogP contribution in [0, 0.1) is 5.82 Å². The van der Waals surface area contributed by atoms with Crippen LogP contribution in [-0.2, 0) is 0 Å². The molecule has 3 heterocycles. The first kappa shape index (κ1) is 16.2. The van der Waals surface area contributed by atoms with E-state index in [4.69, 9.17) is 12.2 Å². The Hall–Kier alpha value is -2.26. The average molecular weight is 376 g/mol. The van der Waals surface area contributed by atoms with Crippen molar-refractivity contribution in [1.82, 2.24) is 24.8 Å². The monoisotopic (exact) mass is 376 g/mol. The minimum absolute atomic E-state index is 0.248. The van der Waals surface area contributed by atoms with Gasteiger partial charge in [-0.2, -0.15) is 0 Å². The SMILES string of the molecule is CNC(=S)N1CCN(c2nn3cc(-c4ccc(F)cc4)nc3s2)CC1. The summed E-state index contributed by atoms with van der Waals surface area (Å²) in [7, 11) is 1.85. The van der Waals surface area contributed by atoms with E-state index in [1.807, 2.05) is 13.2 Å². The molecule has 0 atom stereocenters. The lowest BCUT2D eigenvalue weighted by Crippen LogP contribution is -2.51. The normalized spacial score (nSPS) is 15.0. The Morgan fingerprint density at radius 2 is 1.92 bits per heavy atom. The molecule has 3 aromatic rings. The van der Waals surface area contributed by atoms with E-state index >= 15 is 0 Å². The summed E-state index contributed by atoms with van der Waals surface area (Å²) in [6, 6.07) is 6.34. The molecule has 130 valence electrons. The third-order valence-corrected chi connectivity index (χ3v) is 5.67. The van der Waals surface area contributed by atoms with Gasteiger partial charge in [-0.25, -0.2) is 13.9 Å². The molecule has 1 fully saturated rings. The van der Waals surface area contributed by atoms with Gasteiger partial charge in [0, 0.05) is 38.8 Å². The molecule has 2 aromatic heterocycles. The highest BCUT2D eigenvalue weighted by Gasteiger charge is 2.21. The zero-order chi connectivity index (χ0) is 17.4. The molecule has 0 radical (unpaired) electrons. The third-order valence-electron chi connectivity index (χ3n) is 4.22. The maximum atomic E-state index is 13.0. The molecule has 0 aliphatic carbocycles. The van der Waals surface area contributed by atoms with Gasteiger partial charge in [-0.05, 0) is 36.5 Å². The Morgan fingerprint density at radius 3 is 2.56 bits per heavy atom. The number of fused-ring (bicyclic) bond motifs is 1. The number of hydrogen-bond acceptors (Lipinski definition) is 5. The van der Waals surface area contributed by atoms with Crippen molar-refractivity contribution < 1.29 is 4.39 Å². The predicted molar refractivity (Wildman–Crippen MR) is 102 cm³/mol. The lowest BCUT2D eigenvalue weighted by molar-refractivity contribution is 0.382. The number of halogens is 1. The smallest absolute Gasteiger partial charge is 0.214 e. The maximum Gasteiger partial charge on any atom is 0.214 e. The molecule has 0 amide bonds. The molecular weight excluding hydrogens is 359 g/mol. The second kappa shape index (κ2) is 6.57. The number of imidazole rings is 1. The van der Waals surface area contributed by atoms with Crippen molar-refractivity contribution in [3.8, 4) is 11.3 Å². The van der Waals surface area contributed by atoms with Crippen molar-refractivity contribution in [2.24, 2.45) is 0 Å². The van der Waals surface area contributed by atoms with Crippen LogP contribution in [0.2, 0.25) is 0 Å². The van der Waals surface area contributed by atoms with Crippen molar-refractivity contribution in [2.45, 2.75) is 0 Å². The zero-order valence-corrected chi connectivity index (χ0v) is 15.3. The van der Waals surface area contributed by atoms with Gasteiger partial charge in [0.05, 0.1) is 11.9 Å². The molecule has 25 heavy (non-hydrogen) atoms. The molecule has 0 spiro atoms. The Bertz CT molecular complexity index is 864. The van der Waals surface area contributed by atoms with Gasteiger partial charge < -0.3 is 15.1 Å². The molecule has 9 heteroatoms. The molecule has 1 saturated heterocycles. The highest BCUT2D eigenvalue weighted by Crippen LogP contribution is 2.27. The number of anilines is 1. The summed E-state index contributed by atoms with van der Waals surface area (Å²) in [5, 5.41) is 9.42. The van der Waals surface area contributed by atoms with E-state index in [0.29, 0.717) is 0 Å². The first-order chi connectivity index (χ1) is 12.1. The van der Waals surface area contributed by atoms with Crippen LogP contribution in [0.1, 0.15) is 0 Å². The Labute approximate surface area is 153 Å². The minimum Gasteiger partial charge on any atom is -0.366 e. The molecule has 1 aliphatic rings. The zero-order valence-electron chi connectivity index (χ0n) is 13.6. The van der Waals surface area contributed by atoms with E-state index in [-0.39, 0.29) is 5.82 Å². The van der Waals surface area contributed by atoms with Gasteiger partial charge >= 0.3 is 0 Å². The van der Waals surface area contributed by atoms with E-state index < -0.39 is 0 Å².